The minimum atomic E-state index is -3.51. The summed E-state index contributed by atoms with van der Waals surface area (Å²) < 4.78 is 32.4. The molecule has 0 bridgehead atoms. The highest BCUT2D eigenvalue weighted by Gasteiger charge is 2.28. The number of carbonyl (C=O) groups excluding carboxylic acids is 1. The monoisotopic (exact) mass is 395 g/mol. The average Bonchev–Trinajstić information content (AvgIpc) is 2.68. The van der Waals surface area contributed by atoms with Gasteiger partial charge in [-0.05, 0) is 44.2 Å². The number of anilines is 1. The van der Waals surface area contributed by atoms with Crippen molar-refractivity contribution in [2.75, 3.05) is 44.6 Å². The second-order valence-electron chi connectivity index (χ2n) is 6.44. The number of sulfonamides is 1. The average molecular weight is 396 g/mol. The van der Waals surface area contributed by atoms with E-state index in [2.05, 4.69) is 23.7 Å². The molecule has 2 rings (SSSR count). The molecule has 8 heteroatoms. The maximum Gasteiger partial charge on any atom is 0.253 e. The van der Waals surface area contributed by atoms with Crippen LogP contribution in [0.15, 0.2) is 41.8 Å². The van der Waals surface area contributed by atoms with E-state index in [1.807, 2.05) is 0 Å². The standard InChI is InChI=1S/C19H29N3O4S/c1-4-6-15-26-16(3)19(23)20-17-7-9-18(10-8-17)27(24,25)22-13-11-21(5-2)12-14-22/h4,7-10,16H,1,5-6,11-15H2,2-3H3,(H,20,23). The van der Waals surface area contributed by atoms with E-state index in [1.54, 1.807) is 25.1 Å². The van der Waals surface area contributed by atoms with Crippen molar-refractivity contribution >= 4 is 21.6 Å². The van der Waals surface area contributed by atoms with Crippen LogP contribution in [0.5, 0.6) is 0 Å². The molecule has 0 radical (unpaired) electrons. The number of ether oxygens (including phenoxy) is 1. The molecule has 0 aliphatic carbocycles. The first-order valence-corrected chi connectivity index (χ1v) is 10.7. The fourth-order valence-electron chi connectivity index (χ4n) is 2.79. The normalized spacial score (nSPS) is 17.4. The van der Waals surface area contributed by atoms with Crippen LogP contribution >= 0.6 is 0 Å². The van der Waals surface area contributed by atoms with Crippen molar-refractivity contribution in [1.29, 1.82) is 0 Å². The quantitative estimate of drug-likeness (QED) is 0.511. The fraction of sp³-hybridized carbons (Fsp3) is 0.526. The Morgan fingerprint density at radius 3 is 2.44 bits per heavy atom. The lowest BCUT2D eigenvalue weighted by Crippen LogP contribution is -2.48. The van der Waals surface area contributed by atoms with Crippen LogP contribution in [0, 0.1) is 0 Å². The Labute approximate surface area is 162 Å². The third kappa shape index (κ3) is 5.87. The summed E-state index contributed by atoms with van der Waals surface area (Å²) in [7, 11) is -3.51. The van der Waals surface area contributed by atoms with Gasteiger partial charge in [0, 0.05) is 31.9 Å². The predicted octanol–water partition coefficient (Wildman–Crippen LogP) is 1.93. The zero-order valence-electron chi connectivity index (χ0n) is 16.1. The Morgan fingerprint density at radius 1 is 1.26 bits per heavy atom. The van der Waals surface area contributed by atoms with Crippen LogP contribution in [-0.4, -0.2) is 69.0 Å². The second kappa shape index (κ2) is 9.98. The van der Waals surface area contributed by atoms with Crippen LogP contribution in [0.2, 0.25) is 0 Å². The van der Waals surface area contributed by atoms with E-state index in [1.165, 1.54) is 16.4 Å². The Balaban J connectivity index is 1.96. The molecular formula is C19H29N3O4S. The first-order chi connectivity index (χ1) is 12.9. The zero-order valence-corrected chi connectivity index (χ0v) is 16.9. The molecular weight excluding hydrogens is 366 g/mol. The van der Waals surface area contributed by atoms with Crippen LogP contribution in [-0.2, 0) is 19.6 Å². The molecule has 0 saturated carbocycles. The maximum absolute atomic E-state index is 12.8. The first-order valence-electron chi connectivity index (χ1n) is 9.24. The highest BCUT2D eigenvalue weighted by atomic mass is 32.2. The summed E-state index contributed by atoms with van der Waals surface area (Å²) in [5, 5.41) is 2.74. The van der Waals surface area contributed by atoms with Crippen molar-refractivity contribution in [1.82, 2.24) is 9.21 Å². The molecule has 1 fully saturated rings. The van der Waals surface area contributed by atoms with Gasteiger partial charge >= 0.3 is 0 Å². The summed E-state index contributed by atoms with van der Waals surface area (Å²) in [6.07, 6.45) is 1.81. The van der Waals surface area contributed by atoms with E-state index < -0.39 is 16.1 Å². The van der Waals surface area contributed by atoms with E-state index in [-0.39, 0.29) is 10.8 Å². The number of benzene rings is 1. The SMILES string of the molecule is C=CCCOC(C)C(=O)Nc1ccc(S(=O)(=O)N2CCN(CC)CC2)cc1. The Kier molecular flexibility index (Phi) is 7.97. The second-order valence-corrected chi connectivity index (χ2v) is 8.38. The molecule has 150 valence electrons. The fourth-order valence-corrected chi connectivity index (χ4v) is 4.22. The summed E-state index contributed by atoms with van der Waals surface area (Å²) >= 11 is 0. The van der Waals surface area contributed by atoms with Crippen LogP contribution in [0.25, 0.3) is 0 Å². The summed E-state index contributed by atoms with van der Waals surface area (Å²) in [5.74, 6) is -0.273. The molecule has 1 atom stereocenters. The molecule has 0 spiro atoms. The smallest absolute Gasteiger partial charge is 0.253 e. The molecule has 27 heavy (non-hydrogen) atoms. The number of piperazine rings is 1. The molecule has 7 nitrogen and oxygen atoms in total. The molecule has 0 aromatic heterocycles. The summed E-state index contributed by atoms with van der Waals surface area (Å²) in [6, 6.07) is 6.26. The summed E-state index contributed by atoms with van der Waals surface area (Å²) in [5.41, 5.74) is 0.536. The van der Waals surface area contributed by atoms with Crippen molar-refractivity contribution in [3.05, 3.63) is 36.9 Å². The minimum Gasteiger partial charge on any atom is -0.368 e. The minimum absolute atomic E-state index is 0.237. The largest absolute Gasteiger partial charge is 0.368 e. The van der Waals surface area contributed by atoms with Gasteiger partial charge in [-0.1, -0.05) is 13.0 Å². The molecule has 1 heterocycles. The van der Waals surface area contributed by atoms with Gasteiger partial charge in [0.15, 0.2) is 0 Å². The molecule has 1 saturated heterocycles. The molecule has 1 aromatic rings. The topological polar surface area (TPSA) is 78.9 Å². The highest BCUT2D eigenvalue weighted by Crippen LogP contribution is 2.20. The lowest BCUT2D eigenvalue weighted by atomic mass is 10.3. The zero-order chi connectivity index (χ0) is 19.9. The molecule has 1 aliphatic rings. The molecule has 1 aliphatic heterocycles. The number of nitrogens with one attached hydrogen (secondary N) is 1. The van der Waals surface area contributed by atoms with Gasteiger partial charge in [0.1, 0.15) is 6.10 Å². The maximum atomic E-state index is 12.8. The van der Waals surface area contributed by atoms with E-state index in [9.17, 15) is 13.2 Å². The van der Waals surface area contributed by atoms with Gasteiger partial charge in [-0.2, -0.15) is 4.31 Å². The van der Waals surface area contributed by atoms with Crippen molar-refractivity contribution in [3.8, 4) is 0 Å². The van der Waals surface area contributed by atoms with Crippen molar-refractivity contribution in [2.24, 2.45) is 0 Å². The molecule has 1 aromatic carbocycles. The highest BCUT2D eigenvalue weighted by molar-refractivity contribution is 7.89. The molecule has 1 amide bonds. The molecule has 1 unspecified atom stereocenters. The van der Waals surface area contributed by atoms with E-state index in [0.717, 1.165) is 19.6 Å². The van der Waals surface area contributed by atoms with E-state index >= 15 is 0 Å². The van der Waals surface area contributed by atoms with Gasteiger partial charge in [0.25, 0.3) is 5.91 Å². The Morgan fingerprint density at radius 2 is 1.89 bits per heavy atom. The number of nitrogens with zero attached hydrogens (tertiary/aromatic N) is 2. The van der Waals surface area contributed by atoms with E-state index in [4.69, 9.17) is 4.74 Å². The Bertz CT molecular complexity index is 726. The number of carbonyl (C=O) groups is 1. The van der Waals surface area contributed by atoms with Gasteiger partial charge in [-0.15, -0.1) is 6.58 Å². The number of likely N-dealkylation sites (N-methyl/N-ethyl adjacent to an activating group) is 1. The number of hydrogen-bond donors (Lipinski definition) is 1. The lowest BCUT2D eigenvalue weighted by molar-refractivity contribution is -0.126. The van der Waals surface area contributed by atoms with Crippen LogP contribution < -0.4 is 5.32 Å². The van der Waals surface area contributed by atoms with Crippen LogP contribution in [0.3, 0.4) is 0 Å². The van der Waals surface area contributed by atoms with E-state index in [0.29, 0.717) is 31.8 Å². The number of rotatable bonds is 9. The van der Waals surface area contributed by atoms with Gasteiger partial charge in [-0.3, -0.25) is 4.79 Å². The van der Waals surface area contributed by atoms with Gasteiger partial charge in [-0.25, -0.2) is 8.42 Å². The van der Waals surface area contributed by atoms with Gasteiger partial charge < -0.3 is 15.0 Å². The molecule has 1 N–H and O–H groups in total. The van der Waals surface area contributed by atoms with Gasteiger partial charge in [0.05, 0.1) is 11.5 Å². The lowest BCUT2D eigenvalue weighted by Gasteiger charge is -2.33. The first kappa shape index (κ1) is 21.6. The predicted molar refractivity (Wildman–Crippen MR) is 106 cm³/mol. The summed E-state index contributed by atoms with van der Waals surface area (Å²) in [6.45, 7) is 11.2. The van der Waals surface area contributed by atoms with Gasteiger partial charge in [0.2, 0.25) is 10.0 Å². The van der Waals surface area contributed by atoms with Crippen molar-refractivity contribution < 1.29 is 17.9 Å². The summed E-state index contributed by atoms with van der Waals surface area (Å²) in [4.78, 5) is 14.6. The van der Waals surface area contributed by atoms with Crippen molar-refractivity contribution in [3.63, 3.8) is 0 Å². The third-order valence-corrected chi connectivity index (χ3v) is 6.51. The Hall–Kier alpha value is -1.74. The van der Waals surface area contributed by atoms with Crippen LogP contribution in [0.1, 0.15) is 20.3 Å². The van der Waals surface area contributed by atoms with Crippen LogP contribution in [0.4, 0.5) is 5.69 Å². The van der Waals surface area contributed by atoms with Crippen molar-refractivity contribution in [2.45, 2.75) is 31.3 Å². The number of amides is 1. The number of hydrogen-bond acceptors (Lipinski definition) is 5. The third-order valence-electron chi connectivity index (χ3n) is 4.60.